The van der Waals surface area contributed by atoms with Crippen LogP contribution in [0, 0.1) is 0 Å². The number of methoxy groups -OCH3 is 1. The summed E-state index contributed by atoms with van der Waals surface area (Å²) in [6, 6.07) is 15.8. The predicted octanol–water partition coefficient (Wildman–Crippen LogP) is 4.50. The molecular formula is C28H32N6O3. The molecule has 0 saturated heterocycles. The van der Waals surface area contributed by atoms with Crippen molar-refractivity contribution in [2.45, 2.75) is 64.5 Å². The molecule has 2 aromatic carbocycles. The lowest BCUT2D eigenvalue weighted by atomic mass is 9.96. The number of tetrazole rings is 1. The van der Waals surface area contributed by atoms with Crippen LogP contribution in [-0.2, 0) is 22.4 Å². The molecule has 0 saturated carbocycles. The highest BCUT2D eigenvalue weighted by Gasteiger charge is 2.35. The first-order valence-electron chi connectivity index (χ1n) is 12.9. The first kappa shape index (κ1) is 24.7. The molecule has 3 heterocycles. The Morgan fingerprint density at radius 2 is 1.84 bits per heavy atom. The number of rotatable bonds is 8. The van der Waals surface area contributed by atoms with Crippen LogP contribution in [0.15, 0.2) is 53.3 Å². The molecule has 9 heteroatoms. The third-order valence-corrected chi connectivity index (χ3v) is 7.31. The van der Waals surface area contributed by atoms with Gasteiger partial charge in [0.25, 0.3) is 5.56 Å². The van der Waals surface area contributed by atoms with Gasteiger partial charge in [0.15, 0.2) is 11.9 Å². The number of benzene rings is 2. The third-order valence-electron chi connectivity index (χ3n) is 7.31. The standard InChI is InChI=1S/C28H32N6O3/c1-4-5-10-24-23(27(35)34-25(28(36)37-3)16-11-18(2)33(24)34)17-19-12-14-20(15-13-19)21-8-6-7-9-22(21)26-29-31-32-30-26/h6-9,12-15,18,25H,4-5,10-11,16-17H2,1-3H3,(H,29,30,31,32). The smallest absolute Gasteiger partial charge is 0.330 e. The summed E-state index contributed by atoms with van der Waals surface area (Å²) in [5.74, 6) is 0.258. The number of carbonyl (C=O) groups excluding carboxylic acids is 1. The lowest BCUT2D eigenvalue weighted by Gasteiger charge is -2.31. The van der Waals surface area contributed by atoms with Crippen molar-refractivity contribution in [3.63, 3.8) is 0 Å². The SMILES string of the molecule is CCCCc1c(Cc2ccc(-c3ccccc3-c3nnn[nH]3)cc2)c(=O)n2n1C(C)CCC2C(=O)OC. The minimum Gasteiger partial charge on any atom is -0.467 e. The van der Waals surface area contributed by atoms with Gasteiger partial charge in [0, 0.05) is 29.3 Å². The molecule has 37 heavy (non-hydrogen) atoms. The molecule has 1 aliphatic heterocycles. The Kier molecular flexibility index (Phi) is 7.03. The van der Waals surface area contributed by atoms with E-state index < -0.39 is 6.04 Å². The second kappa shape index (κ2) is 10.5. The minimum absolute atomic E-state index is 0.0831. The summed E-state index contributed by atoms with van der Waals surface area (Å²) in [6.07, 6.45) is 4.78. The van der Waals surface area contributed by atoms with Crippen molar-refractivity contribution in [2.75, 3.05) is 7.11 Å². The number of fused-ring (bicyclic) bond motifs is 1. The van der Waals surface area contributed by atoms with E-state index in [-0.39, 0.29) is 17.6 Å². The van der Waals surface area contributed by atoms with E-state index in [0.717, 1.165) is 59.2 Å². The average Bonchev–Trinajstić information content (AvgIpc) is 3.56. The normalized spacial score (nSPS) is 16.9. The molecule has 0 radical (unpaired) electrons. The van der Waals surface area contributed by atoms with Gasteiger partial charge < -0.3 is 4.74 Å². The summed E-state index contributed by atoms with van der Waals surface area (Å²) in [6.45, 7) is 4.27. The van der Waals surface area contributed by atoms with E-state index in [1.807, 2.05) is 24.3 Å². The molecule has 0 amide bonds. The molecule has 2 aromatic heterocycles. The summed E-state index contributed by atoms with van der Waals surface area (Å²) in [5, 5.41) is 14.3. The summed E-state index contributed by atoms with van der Waals surface area (Å²) in [5.41, 5.74) is 5.75. The molecule has 1 aliphatic rings. The molecular weight excluding hydrogens is 468 g/mol. The molecule has 0 bridgehead atoms. The van der Waals surface area contributed by atoms with Crippen LogP contribution in [0.25, 0.3) is 22.5 Å². The Labute approximate surface area is 215 Å². The van der Waals surface area contributed by atoms with Gasteiger partial charge in [-0.25, -0.2) is 14.6 Å². The maximum absolute atomic E-state index is 13.8. The lowest BCUT2D eigenvalue weighted by Crippen LogP contribution is -2.38. The molecule has 0 spiro atoms. The van der Waals surface area contributed by atoms with Crippen molar-refractivity contribution in [2.24, 2.45) is 0 Å². The van der Waals surface area contributed by atoms with Crippen LogP contribution >= 0.6 is 0 Å². The maximum atomic E-state index is 13.8. The number of aromatic nitrogens is 6. The fourth-order valence-corrected chi connectivity index (χ4v) is 5.40. The van der Waals surface area contributed by atoms with Crippen LogP contribution in [0.4, 0.5) is 0 Å². The monoisotopic (exact) mass is 500 g/mol. The van der Waals surface area contributed by atoms with Crippen molar-refractivity contribution < 1.29 is 9.53 Å². The van der Waals surface area contributed by atoms with Crippen molar-refractivity contribution in [1.29, 1.82) is 0 Å². The van der Waals surface area contributed by atoms with Crippen LogP contribution in [0.5, 0.6) is 0 Å². The van der Waals surface area contributed by atoms with Crippen LogP contribution < -0.4 is 5.56 Å². The highest BCUT2D eigenvalue weighted by molar-refractivity contribution is 5.80. The van der Waals surface area contributed by atoms with E-state index in [4.69, 9.17) is 4.74 Å². The molecule has 2 atom stereocenters. The van der Waals surface area contributed by atoms with E-state index >= 15 is 0 Å². The fraction of sp³-hybridized carbons (Fsp3) is 0.393. The van der Waals surface area contributed by atoms with Gasteiger partial charge in [-0.05, 0) is 59.7 Å². The fourth-order valence-electron chi connectivity index (χ4n) is 5.40. The number of nitrogens with one attached hydrogen (secondary N) is 1. The topological polar surface area (TPSA) is 108 Å². The predicted molar refractivity (Wildman–Crippen MR) is 140 cm³/mol. The van der Waals surface area contributed by atoms with Crippen LogP contribution in [0.3, 0.4) is 0 Å². The number of esters is 1. The number of aromatic amines is 1. The van der Waals surface area contributed by atoms with Gasteiger partial charge in [-0.1, -0.05) is 61.9 Å². The summed E-state index contributed by atoms with van der Waals surface area (Å²) < 4.78 is 8.79. The molecule has 5 rings (SSSR count). The lowest BCUT2D eigenvalue weighted by molar-refractivity contribution is -0.146. The Morgan fingerprint density at radius 3 is 2.51 bits per heavy atom. The average molecular weight is 501 g/mol. The van der Waals surface area contributed by atoms with Crippen molar-refractivity contribution in [3.8, 4) is 22.5 Å². The summed E-state index contributed by atoms with van der Waals surface area (Å²) in [7, 11) is 1.39. The molecule has 9 nitrogen and oxygen atoms in total. The maximum Gasteiger partial charge on any atom is 0.330 e. The largest absolute Gasteiger partial charge is 0.467 e. The van der Waals surface area contributed by atoms with Gasteiger partial charge in [-0.15, -0.1) is 5.10 Å². The third kappa shape index (κ3) is 4.61. The van der Waals surface area contributed by atoms with Crippen molar-refractivity contribution in [1.82, 2.24) is 30.0 Å². The van der Waals surface area contributed by atoms with E-state index in [1.165, 1.54) is 7.11 Å². The Hall–Kier alpha value is -4.01. The molecule has 0 fully saturated rings. The number of carbonyl (C=O) groups is 1. The number of H-pyrrole nitrogens is 1. The number of ether oxygens (including phenoxy) is 1. The van der Waals surface area contributed by atoms with E-state index in [1.54, 1.807) is 4.68 Å². The highest BCUT2D eigenvalue weighted by atomic mass is 16.5. The molecule has 2 unspecified atom stereocenters. The van der Waals surface area contributed by atoms with Crippen LogP contribution in [0.2, 0.25) is 0 Å². The first-order chi connectivity index (χ1) is 18.0. The van der Waals surface area contributed by atoms with E-state index in [2.05, 4.69) is 63.4 Å². The second-order valence-electron chi connectivity index (χ2n) is 9.66. The van der Waals surface area contributed by atoms with Gasteiger partial charge >= 0.3 is 5.97 Å². The zero-order valence-electron chi connectivity index (χ0n) is 21.5. The number of hydrogen-bond donors (Lipinski definition) is 1. The zero-order chi connectivity index (χ0) is 25.9. The van der Waals surface area contributed by atoms with Gasteiger partial charge in [0.05, 0.1) is 7.11 Å². The number of unbranched alkanes of at least 4 members (excludes halogenated alkanes) is 1. The van der Waals surface area contributed by atoms with Gasteiger partial charge in [0.1, 0.15) is 0 Å². The van der Waals surface area contributed by atoms with Gasteiger partial charge in [0.2, 0.25) is 0 Å². The Morgan fingerprint density at radius 1 is 1.08 bits per heavy atom. The van der Waals surface area contributed by atoms with Gasteiger partial charge in [-0.2, -0.15) is 0 Å². The molecule has 0 aliphatic carbocycles. The Bertz CT molecular complexity index is 1440. The Balaban J connectivity index is 1.51. The number of hydrogen-bond acceptors (Lipinski definition) is 6. The van der Waals surface area contributed by atoms with Gasteiger partial charge in [-0.3, -0.25) is 9.48 Å². The van der Waals surface area contributed by atoms with E-state index in [0.29, 0.717) is 18.7 Å². The summed E-state index contributed by atoms with van der Waals surface area (Å²) >= 11 is 0. The quantitative estimate of drug-likeness (QED) is 0.357. The van der Waals surface area contributed by atoms with Crippen LogP contribution in [-0.4, -0.2) is 43.1 Å². The first-order valence-corrected chi connectivity index (χ1v) is 12.9. The van der Waals surface area contributed by atoms with Crippen molar-refractivity contribution in [3.05, 3.63) is 75.7 Å². The molecule has 4 aromatic rings. The highest BCUT2D eigenvalue weighted by Crippen LogP contribution is 2.33. The summed E-state index contributed by atoms with van der Waals surface area (Å²) in [4.78, 5) is 26.3. The van der Waals surface area contributed by atoms with E-state index in [9.17, 15) is 9.59 Å². The van der Waals surface area contributed by atoms with Crippen molar-refractivity contribution >= 4 is 5.97 Å². The minimum atomic E-state index is -0.577. The zero-order valence-corrected chi connectivity index (χ0v) is 21.5. The van der Waals surface area contributed by atoms with Crippen LogP contribution in [0.1, 0.15) is 68.4 Å². The number of nitrogens with zero attached hydrogens (tertiary/aromatic N) is 5. The second-order valence-corrected chi connectivity index (χ2v) is 9.66. The molecule has 192 valence electrons. The molecule has 1 N–H and O–H groups in total.